The summed E-state index contributed by atoms with van der Waals surface area (Å²) in [5.74, 6) is 1.12. The molecule has 1 aliphatic heterocycles. The van der Waals surface area contributed by atoms with E-state index in [1.807, 2.05) is 74.5 Å². The second kappa shape index (κ2) is 8.50. The maximum Gasteiger partial charge on any atom is 0.258 e. The second-order valence-corrected chi connectivity index (χ2v) is 9.17. The van der Waals surface area contributed by atoms with Crippen LogP contribution in [-0.2, 0) is 17.8 Å². The molecule has 1 atom stereocenters. The molecule has 6 heteroatoms. The zero-order valence-electron chi connectivity index (χ0n) is 17.1. The molecule has 3 aromatic rings. The summed E-state index contributed by atoms with van der Waals surface area (Å²) < 4.78 is 11.7. The van der Waals surface area contributed by atoms with Gasteiger partial charge in [-0.05, 0) is 37.6 Å². The highest BCUT2D eigenvalue weighted by Gasteiger charge is 2.32. The lowest BCUT2D eigenvalue weighted by Gasteiger charge is -2.18. The Labute approximate surface area is 180 Å². The van der Waals surface area contributed by atoms with Crippen molar-refractivity contribution in [3.8, 4) is 11.5 Å². The Balaban J connectivity index is 1.30. The Kier molecular flexibility index (Phi) is 5.79. The smallest absolute Gasteiger partial charge is 0.258 e. The van der Waals surface area contributed by atoms with E-state index in [-0.39, 0.29) is 18.1 Å². The lowest BCUT2D eigenvalue weighted by Crippen LogP contribution is -2.28. The monoisotopic (exact) mass is 423 g/mol. The van der Waals surface area contributed by atoms with Crippen molar-refractivity contribution in [2.45, 2.75) is 38.5 Å². The summed E-state index contributed by atoms with van der Waals surface area (Å²) in [6.07, 6.45) is 0.162. The summed E-state index contributed by atoms with van der Waals surface area (Å²) in [6.45, 7) is 4.39. The first-order valence-corrected chi connectivity index (χ1v) is 10.7. The number of carbonyl (C=O) groups is 1. The molecule has 1 aliphatic rings. The van der Waals surface area contributed by atoms with Gasteiger partial charge in [0.25, 0.3) is 5.91 Å². The van der Waals surface area contributed by atoms with Gasteiger partial charge in [0.05, 0.1) is 6.54 Å². The predicted molar refractivity (Wildman–Crippen MR) is 117 cm³/mol. The van der Waals surface area contributed by atoms with Gasteiger partial charge in [-0.1, -0.05) is 42.5 Å². The van der Waals surface area contributed by atoms with E-state index in [2.05, 4.69) is 5.32 Å². The lowest BCUT2D eigenvalue weighted by molar-refractivity contribution is -0.123. The quantitative estimate of drug-likeness (QED) is 0.597. The van der Waals surface area contributed by atoms with Crippen LogP contribution in [-0.4, -0.2) is 23.2 Å². The van der Waals surface area contributed by atoms with E-state index in [1.54, 1.807) is 0 Å². The third-order valence-electron chi connectivity index (χ3n) is 4.94. The lowest BCUT2D eigenvalue weighted by atomic mass is 10.0. The van der Waals surface area contributed by atoms with Gasteiger partial charge in [0.15, 0.2) is 18.1 Å². The van der Waals surface area contributed by atoms with Gasteiger partial charge in [-0.25, -0.2) is 0 Å². The molecule has 0 saturated heterocycles. The Morgan fingerprint density at radius 1 is 1.17 bits per heavy atom. The molecule has 156 valence electrons. The van der Waals surface area contributed by atoms with E-state index in [1.165, 1.54) is 11.3 Å². The number of thiophene rings is 1. The van der Waals surface area contributed by atoms with Gasteiger partial charge in [0.2, 0.25) is 0 Å². The van der Waals surface area contributed by atoms with Gasteiger partial charge in [-0.15, -0.1) is 11.3 Å². The molecule has 2 N–H and O–H groups in total. The van der Waals surface area contributed by atoms with E-state index in [9.17, 15) is 9.90 Å². The van der Waals surface area contributed by atoms with Crippen molar-refractivity contribution in [3.05, 3.63) is 81.5 Å². The fraction of sp³-hybridized carbons (Fsp3) is 0.292. The number of amides is 1. The maximum absolute atomic E-state index is 12.3. The van der Waals surface area contributed by atoms with Gasteiger partial charge in [-0.2, -0.15) is 0 Å². The van der Waals surface area contributed by atoms with Gasteiger partial charge < -0.3 is 19.9 Å². The minimum atomic E-state index is -0.659. The maximum atomic E-state index is 12.3. The van der Waals surface area contributed by atoms with Crippen LogP contribution in [0.4, 0.5) is 0 Å². The number of ether oxygens (including phenoxy) is 2. The van der Waals surface area contributed by atoms with Gasteiger partial charge in [0, 0.05) is 21.7 Å². The highest BCUT2D eigenvalue weighted by Crippen LogP contribution is 2.41. The van der Waals surface area contributed by atoms with Crippen LogP contribution < -0.4 is 14.8 Å². The number of aliphatic hydroxyl groups is 1. The van der Waals surface area contributed by atoms with Crippen molar-refractivity contribution >= 4 is 17.2 Å². The van der Waals surface area contributed by atoms with E-state index in [4.69, 9.17) is 9.47 Å². The van der Waals surface area contributed by atoms with E-state index in [0.717, 1.165) is 33.1 Å². The molecule has 2 aromatic carbocycles. The molecular weight excluding hydrogens is 398 g/mol. The zero-order valence-corrected chi connectivity index (χ0v) is 17.9. The number of hydrogen-bond donors (Lipinski definition) is 2. The normalized spacial score (nSPS) is 15.2. The number of rotatable bonds is 7. The number of carbonyl (C=O) groups excluding carboxylic acids is 1. The number of aliphatic hydroxyl groups excluding tert-OH is 1. The molecule has 1 unspecified atom stereocenters. The first-order chi connectivity index (χ1) is 14.4. The number of para-hydroxylation sites is 1. The van der Waals surface area contributed by atoms with Crippen molar-refractivity contribution in [3.63, 3.8) is 0 Å². The molecule has 0 spiro atoms. The summed E-state index contributed by atoms with van der Waals surface area (Å²) in [5, 5.41) is 13.4. The number of hydrogen-bond acceptors (Lipinski definition) is 5. The number of nitrogens with one attached hydrogen (secondary N) is 1. The molecule has 0 fully saturated rings. The molecular formula is C24H25NO4S. The molecule has 1 amide bonds. The molecule has 0 saturated carbocycles. The molecule has 30 heavy (non-hydrogen) atoms. The van der Waals surface area contributed by atoms with Crippen LogP contribution in [0.3, 0.4) is 0 Å². The Morgan fingerprint density at radius 2 is 1.97 bits per heavy atom. The third kappa shape index (κ3) is 4.66. The molecule has 0 radical (unpaired) electrons. The molecule has 2 heterocycles. The van der Waals surface area contributed by atoms with Crippen molar-refractivity contribution in [2.75, 3.05) is 6.61 Å². The third-order valence-corrected chi connectivity index (χ3v) is 6.08. The highest BCUT2D eigenvalue weighted by atomic mass is 32.1. The van der Waals surface area contributed by atoms with Gasteiger partial charge >= 0.3 is 0 Å². The van der Waals surface area contributed by atoms with Crippen molar-refractivity contribution < 1.29 is 19.4 Å². The zero-order chi connectivity index (χ0) is 21.1. The Bertz CT molecular complexity index is 1030. The van der Waals surface area contributed by atoms with Crippen molar-refractivity contribution in [1.29, 1.82) is 0 Å². The average Bonchev–Trinajstić information content (AvgIpc) is 3.33. The number of fused-ring (bicyclic) bond motifs is 1. The minimum absolute atomic E-state index is 0.0783. The highest BCUT2D eigenvalue weighted by molar-refractivity contribution is 7.12. The van der Waals surface area contributed by atoms with Crippen LogP contribution in [0, 0.1) is 0 Å². The fourth-order valence-electron chi connectivity index (χ4n) is 3.52. The van der Waals surface area contributed by atoms with Crippen LogP contribution in [0.1, 0.15) is 40.8 Å². The first kappa shape index (κ1) is 20.4. The van der Waals surface area contributed by atoms with Crippen LogP contribution in [0.2, 0.25) is 0 Å². The van der Waals surface area contributed by atoms with E-state index in [0.29, 0.717) is 12.3 Å². The Morgan fingerprint density at radius 3 is 2.77 bits per heavy atom. The van der Waals surface area contributed by atoms with Crippen molar-refractivity contribution in [1.82, 2.24) is 5.32 Å². The standard InChI is InChI=1S/C24H25NO4S/c1-24(2)13-17-9-6-10-19(23(17)29-24)28-15-21(26)25-14-18-11-12-20(30-18)22(27)16-7-4-3-5-8-16/h3-12,22,27H,13-15H2,1-2H3,(H,25,26). The topological polar surface area (TPSA) is 67.8 Å². The van der Waals surface area contributed by atoms with Crippen LogP contribution >= 0.6 is 11.3 Å². The van der Waals surface area contributed by atoms with E-state index >= 15 is 0 Å². The van der Waals surface area contributed by atoms with Crippen LogP contribution in [0.15, 0.2) is 60.7 Å². The van der Waals surface area contributed by atoms with Gasteiger partial charge in [0.1, 0.15) is 11.7 Å². The summed E-state index contributed by atoms with van der Waals surface area (Å²) in [5.41, 5.74) is 1.69. The summed E-state index contributed by atoms with van der Waals surface area (Å²) in [6, 6.07) is 19.1. The molecule has 1 aromatic heterocycles. The molecule has 5 nitrogen and oxygen atoms in total. The first-order valence-electron chi connectivity index (χ1n) is 9.93. The van der Waals surface area contributed by atoms with Crippen molar-refractivity contribution in [2.24, 2.45) is 0 Å². The van der Waals surface area contributed by atoms with E-state index < -0.39 is 6.10 Å². The molecule has 4 rings (SSSR count). The second-order valence-electron chi connectivity index (χ2n) is 7.97. The fourth-order valence-corrected chi connectivity index (χ4v) is 4.48. The average molecular weight is 424 g/mol. The SMILES string of the molecule is CC1(C)Cc2cccc(OCC(=O)NCc3ccc(C(O)c4ccccc4)s3)c2O1. The molecule has 0 bridgehead atoms. The number of benzene rings is 2. The Hall–Kier alpha value is -2.83. The summed E-state index contributed by atoms with van der Waals surface area (Å²) in [7, 11) is 0. The largest absolute Gasteiger partial charge is 0.483 e. The molecule has 0 aliphatic carbocycles. The summed E-state index contributed by atoms with van der Waals surface area (Å²) in [4.78, 5) is 14.1. The predicted octanol–water partition coefficient (Wildman–Crippen LogP) is 4.24. The van der Waals surface area contributed by atoms with Crippen LogP contribution in [0.5, 0.6) is 11.5 Å². The minimum Gasteiger partial charge on any atom is -0.483 e. The summed E-state index contributed by atoms with van der Waals surface area (Å²) >= 11 is 1.48. The van der Waals surface area contributed by atoms with Gasteiger partial charge in [-0.3, -0.25) is 4.79 Å². The van der Waals surface area contributed by atoms with Crippen LogP contribution in [0.25, 0.3) is 0 Å².